The number of carboxylic acid groups (broad SMARTS) is 1. The third kappa shape index (κ3) is 4.23. The van der Waals surface area contributed by atoms with E-state index in [0.29, 0.717) is 11.3 Å². The zero-order valence-corrected chi connectivity index (χ0v) is 16.1. The summed E-state index contributed by atoms with van der Waals surface area (Å²) in [6.07, 6.45) is 0.00176. The highest BCUT2D eigenvalue weighted by Gasteiger charge is 2.33. The van der Waals surface area contributed by atoms with Gasteiger partial charge in [0.2, 0.25) is 10.0 Å². The Morgan fingerprint density at radius 3 is 2.23 bits per heavy atom. The summed E-state index contributed by atoms with van der Waals surface area (Å²) < 4.78 is 31.9. The van der Waals surface area contributed by atoms with Crippen molar-refractivity contribution in [2.75, 3.05) is 14.2 Å². The van der Waals surface area contributed by atoms with Crippen LogP contribution in [0.3, 0.4) is 0 Å². The van der Waals surface area contributed by atoms with Crippen LogP contribution in [0.2, 0.25) is 0 Å². The van der Waals surface area contributed by atoms with Gasteiger partial charge in [0.15, 0.2) is 0 Å². The molecule has 0 bridgehead atoms. The van der Waals surface area contributed by atoms with Crippen LogP contribution in [0.25, 0.3) is 0 Å². The van der Waals surface area contributed by atoms with Crippen molar-refractivity contribution in [1.82, 2.24) is 4.31 Å². The van der Waals surface area contributed by atoms with Crippen molar-refractivity contribution in [1.29, 1.82) is 0 Å². The molecule has 140 valence electrons. The lowest BCUT2D eigenvalue weighted by atomic mass is 10.0. The van der Waals surface area contributed by atoms with Crippen LogP contribution in [0.15, 0.2) is 47.4 Å². The van der Waals surface area contributed by atoms with Gasteiger partial charge in [-0.15, -0.1) is 0 Å². The fourth-order valence-electron chi connectivity index (χ4n) is 2.69. The Labute approximate surface area is 154 Å². The quantitative estimate of drug-likeness (QED) is 0.802. The van der Waals surface area contributed by atoms with Crippen molar-refractivity contribution >= 4 is 16.0 Å². The van der Waals surface area contributed by atoms with Crippen molar-refractivity contribution < 1.29 is 23.1 Å². The van der Waals surface area contributed by atoms with Crippen LogP contribution >= 0.6 is 0 Å². The van der Waals surface area contributed by atoms with E-state index in [4.69, 9.17) is 4.74 Å². The molecule has 1 N–H and O–H groups in total. The molecule has 0 aromatic heterocycles. The molecule has 7 heteroatoms. The van der Waals surface area contributed by atoms with Gasteiger partial charge in [-0.1, -0.05) is 35.4 Å². The number of aryl methyl sites for hydroxylation is 2. The molecule has 0 aliphatic carbocycles. The van der Waals surface area contributed by atoms with Crippen molar-refractivity contribution in [2.45, 2.75) is 31.2 Å². The van der Waals surface area contributed by atoms with Crippen LogP contribution in [0.1, 0.15) is 16.7 Å². The summed E-state index contributed by atoms with van der Waals surface area (Å²) in [5.41, 5.74) is 2.51. The molecule has 0 heterocycles. The molecule has 0 aliphatic heterocycles. The first-order valence-corrected chi connectivity index (χ1v) is 9.52. The normalized spacial score (nSPS) is 12.8. The molecular weight excluding hydrogens is 354 g/mol. The first-order valence-electron chi connectivity index (χ1n) is 8.08. The molecule has 0 saturated heterocycles. The van der Waals surface area contributed by atoms with E-state index < -0.39 is 22.0 Å². The first-order chi connectivity index (χ1) is 12.2. The molecular formula is C19H23NO5S. The highest BCUT2D eigenvalue weighted by atomic mass is 32.2. The van der Waals surface area contributed by atoms with Gasteiger partial charge in [-0.3, -0.25) is 4.79 Å². The van der Waals surface area contributed by atoms with E-state index in [1.165, 1.54) is 26.3 Å². The van der Waals surface area contributed by atoms with E-state index in [9.17, 15) is 18.3 Å². The average molecular weight is 377 g/mol. The van der Waals surface area contributed by atoms with Crippen LogP contribution < -0.4 is 4.74 Å². The summed E-state index contributed by atoms with van der Waals surface area (Å²) in [6, 6.07) is 10.5. The van der Waals surface area contributed by atoms with E-state index in [1.54, 1.807) is 24.3 Å². The highest BCUT2D eigenvalue weighted by Crippen LogP contribution is 2.25. The van der Waals surface area contributed by atoms with Crippen LogP contribution in [-0.2, 0) is 21.2 Å². The molecule has 0 saturated carbocycles. The van der Waals surface area contributed by atoms with Gasteiger partial charge in [-0.2, -0.15) is 4.31 Å². The maximum atomic E-state index is 12.8. The minimum atomic E-state index is -3.94. The summed E-state index contributed by atoms with van der Waals surface area (Å²) >= 11 is 0. The largest absolute Gasteiger partial charge is 0.496 e. The zero-order chi connectivity index (χ0) is 19.5. The van der Waals surface area contributed by atoms with Gasteiger partial charge >= 0.3 is 5.97 Å². The van der Waals surface area contributed by atoms with E-state index in [2.05, 4.69) is 0 Å². The molecule has 0 radical (unpaired) electrons. The number of likely N-dealkylation sites (N-methyl/N-ethyl adjacent to an activating group) is 1. The van der Waals surface area contributed by atoms with Crippen molar-refractivity contribution in [3.8, 4) is 5.75 Å². The van der Waals surface area contributed by atoms with Crippen molar-refractivity contribution in [2.24, 2.45) is 0 Å². The molecule has 0 aliphatic rings. The number of hydrogen-bond donors (Lipinski definition) is 1. The lowest BCUT2D eigenvalue weighted by Gasteiger charge is -2.25. The standard InChI is InChI=1S/C19H23NO5S/c1-13-5-8-16(9-6-13)26(23,24)20(3)17(19(21)22)12-15-11-14(2)7-10-18(15)25-4/h5-11,17H,12H2,1-4H3,(H,21,22)/t17-/m1/s1. The smallest absolute Gasteiger partial charge is 0.322 e. The van der Waals surface area contributed by atoms with Gasteiger partial charge in [-0.05, 0) is 37.6 Å². The second-order valence-corrected chi connectivity index (χ2v) is 8.21. The minimum absolute atomic E-state index is 0.00176. The Morgan fingerprint density at radius 2 is 1.69 bits per heavy atom. The van der Waals surface area contributed by atoms with Gasteiger partial charge < -0.3 is 9.84 Å². The van der Waals surface area contributed by atoms with E-state index in [1.807, 2.05) is 19.9 Å². The van der Waals surface area contributed by atoms with Crippen LogP contribution in [0.4, 0.5) is 0 Å². The molecule has 2 aromatic rings. The van der Waals surface area contributed by atoms with Crippen LogP contribution in [-0.4, -0.2) is 44.0 Å². The maximum absolute atomic E-state index is 12.8. The predicted molar refractivity (Wildman–Crippen MR) is 99.0 cm³/mol. The average Bonchev–Trinajstić information content (AvgIpc) is 2.59. The monoisotopic (exact) mass is 377 g/mol. The number of methoxy groups -OCH3 is 1. The number of rotatable bonds is 7. The van der Waals surface area contributed by atoms with Gasteiger partial charge in [0.05, 0.1) is 12.0 Å². The Morgan fingerprint density at radius 1 is 1.12 bits per heavy atom. The molecule has 6 nitrogen and oxygen atoms in total. The highest BCUT2D eigenvalue weighted by molar-refractivity contribution is 7.89. The predicted octanol–water partition coefficient (Wildman–Crippen LogP) is 2.63. The molecule has 0 spiro atoms. The topological polar surface area (TPSA) is 83.9 Å². The Hall–Kier alpha value is -2.38. The fourth-order valence-corrected chi connectivity index (χ4v) is 4.00. The van der Waals surface area contributed by atoms with Gasteiger partial charge in [0, 0.05) is 13.5 Å². The SMILES string of the molecule is COc1ccc(C)cc1C[C@H](C(=O)O)N(C)S(=O)(=O)c1ccc(C)cc1. The lowest BCUT2D eigenvalue weighted by molar-refractivity contribution is -0.141. The first kappa shape index (κ1) is 19.9. The van der Waals surface area contributed by atoms with Gasteiger partial charge in [-0.25, -0.2) is 8.42 Å². The van der Waals surface area contributed by atoms with E-state index in [-0.39, 0.29) is 11.3 Å². The summed E-state index contributed by atoms with van der Waals surface area (Å²) in [7, 11) is -1.15. The number of hydrogen-bond acceptors (Lipinski definition) is 4. The third-order valence-corrected chi connectivity index (χ3v) is 6.15. The van der Waals surface area contributed by atoms with Crippen LogP contribution in [0.5, 0.6) is 5.75 Å². The number of carboxylic acids is 1. The van der Waals surface area contributed by atoms with Gasteiger partial charge in [0.25, 0.3) is 0 Å². The third-order valence-electron chi connectivity index (χ3n) is 4.27. The van der Waals surface area contributed by atoms with E-state index >= 15 is 0 Å². The maximum Gasteiger partial charge on any atom is 0.322 e. The van der Waals surface area contributed by atoms with Crippen molar-refractivity contribution in [3.05, 3.63) is 59.2 Å². The zero-order valence-electron chi connectivity index (χ0n) is 15.3. The van der Waals surface area contributed by atoms with Crippen LogP contribution in [0, 0.1) is 13.8 Å². The lowest BCUT2D eigenvalue weighted by Crippen LogP contribution is -2.43. The number of carbonyl (C=O) groups is 1. The molecule has 26 heavy (non-hydrogen) atoms. The number of benzene rings is 2. The summed E-state index contributed by atoms with van der Waals surface area (Å²) in [6.45, 7) is 3.73. The number of ether oxygens (including phenoxy) is 1. The Kier molecular flexibility index (Phi) is 6.05. The molecule has 2 aromatic carbocycles. The minimum Gasteiger partial charge on any atom is -0.496 e. The molecule has 2 rings (SSSR count). The fraction of sp³-hybridized carbons (Fsp3) is 0.316. The summed E-state index contributed by atoms with van der Waals surface area (Å²) in [4.78, 5) is 11.9. The van der Waals surface area contributed by atoms with Gasteiger partial charge in [0.1, 0.15) is 11.8 Å². The number of sulfonamides is 1. The Bertz CT molecular complexity index is 891. The molecule has 1 atom stereocenters. The summed E-state index contributed by atoms with van der Waals surface area (Å²) in [5.74, 6) is -0.685. The molecule has 0 fully saturated rings. The molecule has 0 amide bonds. The second kappa shape index (κ2) is 7.88. The molecule has 0 unspecified atom stereocenters. The van der Waals surface area contributed by atoms with Crippen molar-refractivity contribution in [3.63, 3.8) is 0 Å². The number of nitrogens with zero attached hydrogens (tertiary/aromatic N) is 1. The summed E-state index contributed by atoms with van der Waals surface area (Å²) in [5, 5.41) is 9.65. The second-order valence-electron chi connectivity index (χ2n) is 6.21. The van der Waals surface area contributed by atoms with E-state index in [0.717, 1.165) is 15.4 Å². The number of aliphatic carboxylic acids is 1. The Balaban J connectivity index is 2.39.